The molecule has 0 unspecified atom stereocenters. The van der Waals surface area contributed by atoms with Gasteiger partial charge in [-0.05, 0) is 50.9 Å². The van der Waals surface area contributed by atoms with Crippen LogP contribution in [0.25, 0.3) is 0 Å². The number of likely N-dealkylation sites (N-methyl/N-ethyl adjacent to an activating group) is 1. The Kier molecular flexibility index (Phi) is 6.71. The first kappa shape index (κ1) is 20.1. The molecule has 148 valence electrons. The van der Waals surface area contributed by atoms with Crippen LogP contribution in [0, 0.1) is 11.7 Å². The van der Waals surface area contributed by atoms with Crippen LogP contribution in [-0.2, 0) is 16.1 Å². The molecule has 0 atom stereocenters. The molecule has 0 spiro atoms. The van der Waals surface area contributed by atoms with E-state index in [4.69, 9.17) is 11.6 Å². The first-order valence-corrected chi connectivity index (χ1v) is 10.0. The van der Waals surface area contributed by atoms with Crippen molar-refractivity contribution >= 4 is 23.4 Å². The summed E-state index contributed by atoms with van der Waals surface area (Å²) in [5, 5.41) is 0.330. The Bertz CT molecular complexity index is 666. The maximum Gasteiger partial charge on any atom is 0.236 e. The van der Waals surface area contributed by atoms with Gasteiger partial charge >= 0.3 is 0 Å². The van der Waals surface area contributed by atoms with E-state index < -0.39 is 5.82 Å². The maximum atomic E-state index is 13.9. The van der Waals surface area contributed by atoms with Crippen molar-refractivity contribution in [1.29, 1.82) is 0 Å². The number of carbonyl (C=O) groups excluding carboxylic acids is 2. The number of hydrogen-bond donors (Lipinski definition) is 0. The van der Waals surface area contributed by atoms with E-state index in [1.165, 1.54) is 11.0 Å². The average molecular weight is 396 g/mol. The molecule has 2 heterocycles. The molecule has 27 heavy (non-hydrogen) atoms. The number of carbonyl (C=O) groups is 2. The molecular formula is C20H27ClFN3O2. The number of amides is 2. The highest BCUT2D eigenvalue weighted by atomic mass is 35.5. The molecule has 2 amide bonds. The number of halogens is 2. The summed E-state index contributed by atoms with van der Waals surface area (Å²) in [6.45, 7) is 3.69. The van der Waals surface area contributed by atoms with Crippen LogP contribution in [0.15, 0.2) is 18.2 Å². The largest absolute Gasteiger partial charge is 0.342 e. The zero-order chi connectivity index (χ0) is 19.4. The van der Waals surface area contributed by atoms with Crippen LogP contribution in [0.5, 0.6) is 0 Å². The van der Waals surface area contributed by atoms with E-state index in [2.05, 4.69) is 4.90 Å². The number of likely N-dealkylation sites (tertiary alicyclic amines) is 2. The highest BCUT2D eigenvalue weighted by Gasteiger charge is 2.30. The van der Waals surface area contributed by atoms with E-state index in [9.17, 15) is 14.0 Å². The lowest BCUT2D eigenvalue weighted by Crippen LogP contribution is -2.45. The zero-order valence-corrected chi connectivity index (χ0v) is 16.6. The van der Waals surface area contributed by atoms with E-state index >= 15 is 0 Å². The summed E-state index contributed by atoms with van der Waals surface area (Å²) in [6, 6.07) is 4.53. The number of nitrogens with zero attached hydrogens (tertiary/aromatic N) is 3. The monoisotopic (exact) mass is 395 g/mol. The summed E-state index contributed by atoms with van der Waals surface area (Å²) < 4.78 is 13.9. The summed E-state index contributed by atoms with van der Waals surface area (Å²) in [4.78, 5) is 30.6. The van der Waals surface area contributed by atoms with Crippen LogP contribution >= 0.6 is 11.6 Å². The van der Waals surface area contributed by atoms with Gasteiger partial charge in [0.1, 0.15) is 5.82 Å². The molecule has 0 bridgehead atoms. The molecule has 7 heteroatoms. The van der Waals surface area contributed by atoms with Crippen molar-refractivity contribution in [2.75, 3.05) is 39.8 Å². The van der Waals surface area contributed by atoms with Crippen molar-refractivity contribution in [2.45, 2.75) is 32.2 Å². The molecule has 2 fully saturated rings. The van der Waals surface area contributed by atoms with E-state index in [-0.39, 0.29) is 30.8 Å². The summed E-state index contributed by atoms with van der Waals surface area (Å²) >= 11 is 6.05. The summed E-state index contributed by atoms with van der Waals surface area (Å²) in [5.41, 5.74) is 0.338. The quantitative estimate of drug-likeness (QED) is 0.770. The van der Waals surface area contributed by atoms with Crippen LogP contribution in [0.3, 0.4) is 0 Å². The van der Waals surface area contributed by atoms with Gasteiger partial charge in [-0.15, -0.1) is 0 Å². The van der Waals surface area contributed by atoms with Crippen molar-refractivity contribution in [1.82, 2.24) is 14.7 Å². The van der Waals surface area contributed by atoms with Gasteiger partial charge in [-0.1, -0.05) is 17.7 Å². The van der Waals surface area contributed by atoms with Crippen LogP contribution in [0.4, 0.5) is 4.39 Å². The molecule has 2 aliphatic heterocycles. The molecular weight excluding hydrogens is 369 g/mol. The molecule has 2 saturated heterocycles. The van der Waals surface area contributed by atoms with E-state index in [1.54, 1.807) is 19.2 Å². The Labute approximate surface area is 165 Å². The van der Waals surface area contributed by atoms with Gasteiger partial charge in [0.25, 0.3) is 0 Å². The molecule has 0 aromatic heterocycles. The Morgan fingerprint density at radius 1 is 1.19 bits per heavy atom. The van der Waals surface area contributed by atoms with Gasteiger partial charge in [0, 0.05) is 43.2 Å². The van der Waals surface area contributed by atoms with Gasteiger partial charge in [0.05, 0.1) is 6.54 Å². The van der Waals surface area contributed by atoms with Crippen molar-refractivity contribution in [3.63, 3.8) is 0 Å². The zero-order valence-electron chi connectivity index (χ0n) is 15.8. The second-order valence-electron chi connectivity index (χ2n) is 7.53. The second-order valence-corrected chi connectivity index (χ2v) is 7.94. The molecule has 0 aliphatic carbocycles. The van der Waals surface area contributed by atoms with Gasteiger partial charge in [-0.2, -0.15) is 0 Å². The Morgan fingerprint density at radius 3 is 2.48 bits per heavy atom. The van der Waals surface area contributed by atoms with E-state index in [0.29, 0.717) is 10.6 Å². The van der Waals surface area contributed by atoms with Crippen LogP contribution in [0.1, 0.15) is 31.2 Å². The van der Waals surface area contributed by atoms with Gasteiger partial charge in [0.15, 0.2) is 0 Å². The summed E-state index contributed by atoms with van der Waals surface area (Å²) in [5.74, 6) is -0.101. The van der Waals surface area contributed by atoms with Crippen molar-refractivity contribution in [3.8, 4) is 0 Å². The minimum absolute atomic E-state index is 0.0707. The van der Waals surface area contributed by atoms with E-state index in [0.717, 1.165) is 51.9 Å². The molecule has 3 rings (SSSR count). The molecule has 0 N–H and O–H groups in total. The number of rotatable bonds is 5. The lowest BCUT2D eigenvalue weighted by Gasteiger charge is -2.33. The Morgan fingerprint density at radius 2 is 1.85 bits per heavy atom. The number of benzene rings is 1. The summed E-state index contributed by atoms with van der Waals surface area (Å²) in [7, 11) is 1.66. The van der Waals surface area contributed by atoms with Crippen LogP contribution in [0.2, 0.25) is 5.02 Å². The van der Waals surface area contributed by atoms with Crippen LogP contribution in [-0.4, -0.2) is 66.3 Å². The number of hydrogen-bond acceptors (Lipinski definition) is 3. The normalized spacial score (nSPS) is 18.7. The molecule has 0 saturated carbocycles. The van der Waals surface area contributed by atoms with Crippen molar-refractivity contribution in [3.05, 3.63) is 34.6 Å². The molecule has 1 aromatic rings. The first-order valence-electron chi connectivity index (χ1n) is 9.63. The molecule has 2 aliphatic rings. The second kappa shape index (κ2) is 9.02. The lowest BCUT2D eigenvalue weighted by atomic mass is 9.95. The topological polar surface area (TPSA) is 43.9 Å². The smallest absolute Gasteiger partial charge is 0.236 e. The van der Waals surface area contributed by atoms with Crippen molar-refractivity contribution in [2.24, 2.45) is 5.92 Å². The predicted octanol–water partition coefficient (Wildman–Crippen LogP) is 2.77. The standard InChI is InChI=1S/C20H27ClFN3O2/c1-23(13-16-17(21)5-4-6-18(16)22)19(26)14-24-11-7-15(8-12-24)20(27)25-9-2-3-10-25/h4-6,15H,2-3,7-14H2,1H3. The average Bonchev–Trinajstić information content (AvgIpc) is 3.19. The maximum absolute atomic E-state index is 13.9. The summed E-state index contributed by atoms with van der Waals surface area (Å²) in [6.07, 6.45) is 3.81. The minimum Gasteiger partial charge on any atom is -0.342 e. The fourth-order valence-corrected chi connectivity index (χ4v) is 4.08. The molecule has 1 aromatic carbocycles. The first-order chi connectivity index (χ1) is 13.0. The highest BCUT2D eigenvalue weighted by molar-refractivity contribution is 6.31. The fraction of sp³-hybridized carbons (Fsp3) is 0.600. The van der Waals surface area contributed by atoms with Gasteiger partial charge < -0.3 is 9.80 Å². The Hall–Kier alpha value is -1.66. The minimum atomic E-state index is -0.400. The predicted molar refractivity (Wildman–Crippen MR) is 103 cm³/mol. The van der Waals surface area contributed by atoms with Crippen LogP contribution < -0.4 is 0 Å². The third kappa shape index (κ3) is 4.99. The SMILES string of the molecule is CN(Cc1c(F)cccc1Cl)C(=O)CN1CCC(C(=O)N2CCCC2)CC1. The van der Waals surface area contributed by atoms with Gasteiger partial charge in [0.2, 0.25) is 11.8 Å². The molecule has 5 nitrogen and oxygen atoms in total. The highest BCUT2D eigenvalue weighted by Crippen LogP contribution is 2.23. The fourth-order valence-electron chi connectivity index (χ4n) is 3.85. The lowest BCUT2D eigenvalue weighted by molar-refractivity contribution is -0.136. The van der Waals surface area contributed by atoms with Crippen molar-refractivity contribution < 1.29 is 14.0 Å². The molecule has 0 radical (unpaired) electrons. The third-order valence-corrected chi connectivity index (χ3v) is 5.95. The van der Waals surface area contributed by atoms with E-state index in [1.807, 2.05) is 4.90 Å². The van der Waals surface area contributed by atoms with Gasteiger partial charge in [-0.25, -0.2) is 4.39 Å². The number of piperidine rings is 1. The van der Waals surface area contributed by atoms with Gasteiger partial charge in [-0.3, -0.25) is 14.5 Å². The Balaban J connectivity index is 1.47. The third-order valence-electron chi connectivity index (χ3n) is 5.60.